The van der Waals surface area contributed by atoms with E-state index >= 15 is 0 Å². The second-order valence-electron chi connectivity index (χ2n) is 11.8. The minimum Gasteiger partial charge on any atom is -0.370 e. The van der Waals surface area contributed by atoms with Gasteiger partial charge in [0, 0.05) is 31.9 Å². The number of guanidine groups is 1. The molecule has 49 heavy (non-hydrogen) atoms. The molecule has 3 rings (SSSR count). The first-order valence-corrected chi connectivity index (χ1v) is 16.6. The predicted octanol–water partition coefficient (Wildman–Crippen LogP) is 1.21. The number of amides is 4. The second kappa shape index (κ2) is 20.8. The zero-order valence-corrected chi connectivity index (χ0v) is 28.0. The zero-order chi connectivity index (χ0) is 35.4. The van der Waals surface area contributed by atoms with E-state index < -0.39 is 47.8 Å². The van der Waals surface area contributed by atoms with Crippen molar-refractivity contribution in [1.82, 2.24) is 26.3 Å². The maximum atomic E-state index is 13.8. The number of aromatic nitrogens is 1. The number of hydrogen-bond acceptors (Lipinski definition) is 7. The topological polar surface area (TPSA) is 220 Å². The third-order valence-corrected chi connectivity index (χ3v) is 7.82. The molecule has 0 saturated heterocycles. The molecule has 13 nitrogen and oxygen atoms in total. The molecule has 13 heteroatoms. The Balaban J connectivity index is 1.75. The summed E-state index contributed by atoms with van der Waals surface area (Å²) < 4.78 is 0. The van der Waals surface area contributed by atoms with Crippen LogP contribution >= 0.6 is 0 Å². The van der Waals surface area contributed by atoms with Crippen LogP contribution in [0.5, 0.6) is 0 Å². The Morgan fingerprint density at radius 3 is 1.80 bits per heavy atom. The van der Waals surface area contributed by atoms with Crippen molar-refractivity contribution in [2.75, 3.05) is 6.54 Å². The lowest BCUT2D eigenvalue weighted by atomic mass is 10.0. The highest BCUT2D eigenvalue weighted by molar-refractivity contribution is 5.95. The summed E-state index contributed by atoms with van der Waals surface area (Å²) in [5, 5.41) is 11.4. The number of carbonyl (C=O) groups excluding carboxylic acids is 4. The van der Waals surface area contributed by atoms with Crippen LogP contribution in [0.4, 0.5) is 0 Å². The number of aliphatic imine (C=N–C) groups is 1. The number of hydrogen-bond donors (Lipinski definition) is 7. The smallest absolute Gasteiger partial charge is 0.243 e. The van der Waals surface area contributed by atoms with Crippen LogP contribution in [0.15, 0.2) is 90.2 Å². The number of carbonyl (C=O) groups is 4. The largest absolute Gasteiger partial charge is 0.370 e. The van der Waals surface area contributed by atoms with Crippen molar-refractivity contribution in [1.29, 1.82) is 0 Å². The SMILES string of the molecule is CCCC[C@H](NC(=O)[C@H](Cc1ccccc1)NC(=O)[C@@H](N)Cc1ccccc1)C(=O)N[C@@H](CCCN=C(N)N)C(=O)NCc1ccncc1. The van der Waals surface area contributed by atoms with Gasteiger partial charge in [-0.1, -0.05) is 80.4 Å². The number of benzene rings is 2. The molecule has 0 radical (unpaired) electrons. The highest BCUT2D eigenvalue weighted by Crippen LogP contribution is 2.09. The van der Waals surface area contributed by atoms with E-state index in [2.05, 4.69) is 31.2 Å². The molecule has 1 heterocycles. The van der Waals surface area contributed by atoms with Crippen LogP contribution < -0.4 is 38.5 Å². The Bertz CT molecular complexity index is 1490. The molecular weight excluding hydrogens is 622 g/mol. The molecule has 1 aromatic heterocycles. The van der Waals surface area contributed by atoms with E-state index in [0.29, 0.717) is 25.7 Å². The van der Waals surface area contributed by atoms with Gasteiger partial charge in [-0.2, -0.15) is 0 Å². The van der Waals surface area contributed by atoms with Crippen LogP contribution in [0.3, 0.4) is 0 Å². The molecule has 0 unspecified atom stereocenters. The van der Waals surface area contributed by atoms with Gasteiger partial charge in [0.1, 0.15) is 18.1 Å². The van der Waals surface area contributed by atoms with Gasteiger partial charge in [-0.3, -0.25) is 29.2 Å². The number of unbranched alkanes of at least 4 members (excludes halogenated alkanes) is 1. The summed E-state index contributed by atoms with van der Waals surface area (Å²) in [5.74, 6) is -1.99. The average Bonchev–Trinajstić information content (AvgIpc) is 3.10. The summed E-state index contributed by atoms with van der Waals surface area (Å²) in [5.41, 5.74) is 19.7. The number of nitrogens with one attached hydrogen (secondary N) is 4. The highest BCUT2D eigenvalue weighted by Gasteiger charge is 2.30. The van der Waals surface area contributed by atoms with Crippen molar-refractivity contribution in [3.63, 3.8) is 0 Å². The molecule has 0 spiro atoms. The molecule has 0 aliphatic heterocycles. The normalized spacial score (nSPS) is 13.2. The van der Waals surface area contributed by atoms with Crippen molar-refractivity contribution in [3.05, 3.63) is 102 Å². The first-order valence-electron chi connectivity index (χ1n) is 16.6. The lowest BCUT2D eigenvalue weighted by Crippen LogP contribution is -2.58. The molecule has 262 valence electrons. The van der Waals surface area contributed by atoms with Crippen molar-refractivity contribution < 1.29 is 19.2 Å². The predicted molar refractivity (Wildman–Crippen MR) is 190 cm³/mol. The summed E-state index contributed by atoms with van der Waals surface area (Å²) in [7, 11) is 0. The minimum absolute atomic E-state index is 0.0664. The first-order chi connectivity index (χ1) is 23.7. The molecule has 0 bridgehead atoms. The number of nitrogens with two attached hydrogens (primary N) is 3. The van der Waals surface area contributed by atoms with Crippen LogP contribution in [0.1, 0.15) is 55.7 Å². The van der Waals surface area contributed by atoms with E-state index in [0.717, 1.165) is 23.1 Å². The minimum atomic E-state index is -1.01. The van der Waals surface area contributed by atoms with Gasteiger partial charge in [0.05, 0.1) is 6.04 Å². The first kappa shape index (κ1) is 38.2. The fraction of sp³-hybridized carbons (Fsp3) is 0.389. The van der Waals surface area contributed by atoms with Gasteiger partial charge in [0.15, 0.2) is 5.96 Å². The van der Waals surface area contributed by atoms with Crippen LogP contribution in [0, 0.1) is 0 Å². The van der Waals surface area contributed by atoms with E-state index in [4.69, 9.17) is 17.2 Å². The Morgan fingerprint density at radius 1 is 0.673 bits per heavy atom. The summed E-state index contributed by atoms with van der Waals surface area (Å²) in [6.45, 7) is 2.49. The molecule has 3 aromatic rings. The number of nitrogens with zero attached hydrogens (tertiary/aromatic N) is 2. The Labute approximate surface area is 287 Å². The fourth-order valence-electron chi connectivity index (χ4n) is 5.11. The van der Waals surface area contributed by atoms with E-state index in [-0.39, 0.29) is 31.9 Å². The summed E-state index contributed by atoms with van der Waals surface area (Å²) in [6, 6.07) is 18.4. The number of rotatable bonds is 20. The van der Waals surface area contributed by atoms with Crippen LogP contribution in [-0.4, -0.2) is 65.3 Å². The van der Waals surface area contributed by atoms with E-state index in [1.807, 2.05) is 67.6 Å². The third kappa shape index (κ3) is 14.2. The third-order valence-electron chi connectivity index (χ3n) is 7.82. The standard InChI is InChI=1S/C36H49N9O4/c1-2-3-15-30(34(48)43-29(16-10-19-41-36(38)39)33(47)42-24-27-17-20-40-21-18-27)44-35(49)31(23-26-13-8-5-9-14-26)45-32(46)28(37)22-25-11-6-4-7-12-25/h4-9,11-14,17-18,20-21,28-31H,2-3,10,15-16,19,22-24,37H2,1H3,(H,42,47)(H,43,48)(H,44,49)(H,45,46)(H4,38,39,41)/t28-,29-,30-,31-/m0/s1. The van der Waals surface area contributed by atoms with Crippen molar-refractivity contribution >= 4 is 29.6 Å². The van der Waals surface area contributed by atoms with Crippen molar-refractivity contribution in [2.24, 2.45) is 22.2 Å². The lowest BCUT2D eigenvalue weighted by molar-refractivity contribution is -0.134. The van der Waals surface area contributed by atoms with Crippen LogP contribution in [-0.2, 0) is 38.6 Å². The van der Waals surface area contributed by atoms with Gasteiger partial charge in [0.25, 0.3) is 0 Å². The Kier molecular flexibility index (Phi) is 16.2. The van der Waals surface area contributed by atoms with E-state index in [1.54, 1.807) is 24.5 Å². The van der Waals surface area contributed by atoms with E-state index in [9.17, 15) is 19.2 Å². The van der Waals surface area contributed by atoms with Crippen LogP contribution in [0.25, 0.3) is 0 Å². The molecule has 0 saturated carbocycles. The van der Waals surface area contributed by atoms with Gasteiger partial charge >= 0.3 is 0 Å². The van der Waals surface area contributed by atoms with Gasteiger partial charge < -0.3 is 38.5 Å². The molecule has 4 amide bonds. The Hall–Kier alpha value is -5.30. The van der Waals surface area contributed by atoms with Gasteiger partial charge in [-0.05, 0) is 54.5 Å². The van der Waals surface area contributed by atoms with Crippen LogP contribution in [0.2, 0.25) is 0 Å². The summed E-state index contributed by atoms with van der Waals surface area (Å²) in [4.78, 5) is 62.1. The lowest BCUT2D eigenvalue weighted by Gasteiger charge is -2.26. The average molecular weight is 672 g/mol. The monoisotopic (exact) mass is 671 g/mol. The van der Waals surface area contributed by atoms with Gasteiger partial charge in [-0.15, -0.1) is 0 Å². The van der Waals surface area contributed by atoms with Crippen molar-refractivity contribution in [3.8, 4) is 0 Å². The quantitative estimate of drug-likeness (QED) is 0.0525. The van der Waals surface area contributed by atoms with Gasteiger partial charge in [-0.25, -0.2) is 0 Å². The zero-order valence-electron chi connectivity index (χ0n) is 28.0. The van der Waals surface area contributed by atoms with Gasteiger partial charge in [0.2, 0.25) is 23.6 Å². The van der Waals surface area contributed by atoms with Crippen molar-refractivity contribution in [2.45, 2.75) is 82.6 Å². The molecular formula is C36H49N9O4. The van der Waals surface area contributed by atoms with E-state index in [1.165, 1.54) is 0 Å². The molecule has 0 aliphatic carbocycles. The molecule has 0 aliphatic rings. The molecule has 0 fully saturated rings. The molecule has 10 N–H and O–H groups in total. The summed E-state index contributed by atoms with van der Waals surface area (Å²) in [6.07, 6.45) is 6.14. The molecule has 4 atom stereocenters. The Morgan fingerprint density at radius 2 is 1.20 bits per heavy atom. The summed E-state index contributed by atoms with van der Waals surface area (Å²) >= 11 is 0. The maximum Gasteiger partial charge on any atom is 0.243 e. The number of pyridine rings is 1. The highest BCUT2D eigenvalue weighted by atomic mass is 16.2. The fourth-order valence-corrected chi connectivity index (χ4v) is 5.11. The maximum absolute atomic E-state index is 13.8. The molecule has 2 aromatic carbocycles. The second-order valence-corrected chi connectivity index (χ2v) is 11.8.